The molecule has 0 bridgehead atoms. The molecule has 0 atom stereocenters. The standard InChI is InChI=1S/C12H10N2O3/c15-12(17-11-8-13-6-7-14-11)9-16-10-4-2-1-3-5-10/h1-8H,9H2. The molecule has 0 spiro atoms. The van der Waals surface area contributed by atoms with Crippen LogP contribution in [0.3, 0.4) is 0 Å². The highest BCUT2D eigenvalue weighted by atomic mass is 16.6. The first-order valence-electron chi connectivity index (χ1n) is 4.99. The molecular weight excluding hydrogens is 220 g/mol. The van der Waals surface area contributed by atoms with Crippen LogP contribution >= 0.6 is 0 Å². The average molecular weight is 230 g/mol. The Balaban J connectivity index is 1.83. The molecule has 2 aromatic rings. The van der Waals surface area contributed by atoms with Crippen LogP contribution in [0.1, 0.15) is 0 Å². The smallest absolute Gasteiger partial charge is 0.350 e. The van der Waals surface area contributed by atoms with E-state index in [1.165, 1.54) is 18.6 Å². The lowest BCUT2D eigenvalue weighted by atomic mass is 10.3. The summed E-state index contributed by atoms with van der Waals surface area (Å²) in [5.41, 5.74) is 0. The molecule has 0 radical (unpaired) electrons. The molecule has 1 aromatic heterocycles. The van der Waals surface area contributed by atoms with Crippen LogP contribution in [-0.4, -0.2) is 22.5 Å². The number of benzene rings is 1. The molecule has 0 saturated carbocycles. The maximum Gasteiger partial charge on any atom is 0.350 e. The predicted octanol–water partition coefficient (Wildman–Crippen LogP) is 1.46. The van der Waals surface area contributed by atoms with Crippen LogP contribution in [0.15, 0.2) is 48.9 Å². The molecule has 0 fully saturated rings. The van der Waals surface area contributed by atoms with Gasteiger partial charge in [-0.2, -0.15) is 0 Å². The van der Waals surface area contributed by atoms with E-state index in [0.717, 1.165) is 0 Å². The molecule has 0 aliphatic carbocycles. The third kappa shape index (κ3) is 3.57. The zero-order valence-corrected chi connectivity index (χ0v) is 8.95. The summed E-state index contributed by atoms with van der Waals surface area (Å²) in [6, 6.07) is 9.03. The predicted molar refractivity (Wildman–Crippen MR) is 59.6 cm³/mol. The lowest BCUT2D eigenvalue weighted by Gasteiger charge is -2.05. The van der Waals surface area contributed by atoms with Crippen molar-refractivity contribution in [2.45, 2.75) is 0 Å². The highest BCUT2D eigenvalue weighted by Gasteiger charge is 2.06. The average Bonchev–Trinajstić information content (AvgIpc) is 2.39. The summed E-state index contributed by atoms with van der Waals surface area (Å²) in [6.45, 7) is -0.166. The van der Waals surface area contributed by atoms with Gasteiger partial charge in [0.25, 0.3) is 0 Å². The van der Waals surface area contributed by atoms with Gasteiger partial charge in [0.2, 0.25) is 5.88 Å². The van der Waals surface area contributed by atoms with E-state index in [2.05, 4.69) is 9.97 Å². The summed E-state index contributed by atoms with van der Waals surface area (Å²) in [6.07, 6.45) is 4.30. The van der Waals surface area contributed by atoms with Crippen LogP contribution in [0, 0.1) is 0 Å². The number of hydrogen-bond acceptors (Lipinski definition) is 5. The van der Waals surface area contributed by atoms with Gasteiger partial charge in [-0.05, 0) is 12.1 Å². The molecular formula is C12H10N2O3. The second-order valence-corrected chi connectivity index (χ2v) is 3.12. The number of nitrogens with zero attached hydrogens (tertiary/aromatic N) is 2. The third-order valence-corrected chi connectivity index (χ3v) is 1.86. The first kappa shape index (κ1) is 11.1. The molecule has 17 heavy (non-hydrogen) atoms. The minimum atomic E-state index is -0.519. The zero-order chi connectivity index (χ0) is 11.9. The Kier molecular flexibility index (Phi) is 3.64. The topological polar surface area (TPSA) is 61.3 Å². The lowest BCUT2D eigenvalue weighted by molar-refractivity contribution is -0.136. The Morgan fingerprint density at radius 3 is 2.71 bits per heavy atom. The second kappa shape index (κ2) is 5.60. The number of esters is 1. The molecule has 1 heterocycles. The summed E-state index contributed by atoms with van der Waals surface area (Å²) >= 11 is 0. The van der Waals surface area contributed by atoms with Gasteiger partial charge in [-0.25, -0.2) is 9.78 Å². The monoisotopic (exact) mass is 230 g/mol. The van der Waals surface area contributed by atoms with Crippen LogP contribution in [0.2, 0.25) is 0 Å². The summed E-state index contributed by atoms with van der Waals surface area (Å²) in [4.78, 5) is 19.0. The van der Waals surface area contributed by atoms with E-state index in [4.69, 9.17) is 9.47 Å². The molecule has 5 nitrogen and oxygen atoms in total. The zero-order valence-electron chi connectivity index (χ0n) is 8.95. The Labute approximate surface area is 98.0 Å². The number of hydrogen-bond donors (Lipinski definition) is 0. The molecule has 0 unspecified atom stereocenters. The van der Waals surface area contributed by atoms with Crippen LogP contribution < -0.4 is 9.47 Å². The number of carbonyl (C=O) groups is 1. The minimum Gasteiger partial charge on any atom is -0.482 e. The van der Waals surface area contributed by atoms with Gasteiger partial charge in [0.05, 0.1) is 6.20 Å². The van der Waals surface area contributed by atoms with E-state index in [-0.39, 0.29) is 12.5 Å². The van der Waals surface area contributed by atoms with Crippen molar-refractivity contribution in [2.75, 3.05) is 6.61 Å². The second-order valence-electron chi connectivity index (χ2n) is 3.12. The summed E-state index contributed by atoms with van der Waals surface area (Å²) < 4.78 is 10.1. The van der Waals surface area contributed by atoms with E-state index in [0.29, 0.717) is 5.75 Å². The minimum absolute atomic E-state index is 0.161. The Morgan fingerprint density at radius 2 is 2.00 bits per heavy atom. The van der Waals surface area contributed by atoms with E-state index >= 15 is 0 Å². The molecule has 0 amide bonds. The van der Waals surface area contributed by atoms with Gasteiger partial charge < -0.3 is 9.47 Å². The van der Waals surface area contributed by atoms with Gasteiger partial charge in [-0.3, -0.25) is 4.98 Å². The number of carbonyl (C=O) groups excluding carboxylic acids is 1. The van der Waals surface area contributed by atoms with Crippen molar-refractivity contribution in [1.82, 2.24) is 9.97 Å². The molecule has 86 valence electrons. The molecule has 2 rings (SSSR count). The molecule has 0 N–H and O–H groups in total. The van der Waals surface area contributed by atoms with Crippen LogP contribution in [-0.2, 0) is 4.79 Å². The van der Waals surface area contributed by atoms with Gasteiger partial charge in [0.15, 0.2) is 6.61 Å². The highest BCUT2D eigenvalue weighted by molar-refractivity contribution is 5.73. The normalized spacial score (nSPS) is 9.65. The summed E-state index contributed by atoms with van der Waals surface area (Å²) in [7, 11) is 0. The van der Waals surface area contributed by atoms with E-state index in [9.17, 15) is 4.79 Å². The van der Waals surface area contributed by atoms with Crippen molar-refractivity contribution >= 4 is 5.97 Å². The molecule has 0 aliphatic rings. The number of para-hydroxylation sites is 1. The van der Waals surface area contributed by atoms with E-state index in [1.807, 2.05) is 18.2 Å². The summed E-state index contributed by atoms with van der Waals surface area (Å²) in [5, 5.41) is 0. The SMILES string of the molecule is O=C(COc1ccccc1)Oc1cnccn1. The first-order chi connectivity index (χ1) is 8.34. The maximum absolute atomic E-state index is 11.4. The Hall–Kier alpha value is -2.43. The quantitative estimate of drug-likeness (QED) is 0.744. The molecule has 0 aliphatic heterocycles. The lowest BCUT2D eigenvalue weighted by Crippen LogP contribution is -2.18. The fraction of sp³-hybridized carbons (Fsp3) is 0.0833. The highest BCUT2D eigenvalue weighted by Crippen LogP contribution is 2.08. The first-order valence-corrected chi connectivity index (χ1v) is 4.99. The summed E-state index contributed by atoms with van der Waals surface area (Å²) in [5.74, 6) is 0.257. The third-order valence-electron chi connectivity index (χ3n) is 1.86. The van der Waals surface area contributed by atoms with Crippen LogP contribution in [0.4, 0.5) is 0 Å². The van der Waals surface area contributed by atoms with Gasteiger partial charge in [-0.1, -0.05) is 18.2 Å². The van der Waals surface area contributed by atoms with Gasteiger partial charge in [0.1, 0.15) is 5.75 Å². The Morgan fingerprint density at radius 1 is 1.18 bits per heavy atom. The number of ether oxygens (including phenoxy) is 2. The number of aromatic nitrogens is 2. The maximum atomic E-state index is 11.4. The van der Waals surface area contributed by atoms with Gasteiger partial charge in [-0.15, -0.1) is 0 Å². The number of rotatable bonds is 4. The van der Waals surface area contributed by atoms with E-state index in [1.54, 1.807) is 12.1 Å². The van der Waals surface area contributed by atoms with Crippen molar-refractivity contribution in [3.05, 3.63) is 48.9 Å². The van der Waals surface area contributed by atoms with Crippen molar-refractivity contribution in [1.29, 1.82) is 0 Å². The van der Waals surface area contributed by atoms with Crippen molar-refractivity contribution in [2.24, 2.45) is 0 Å². The molecule has 1 aromatic carbocycles. The van der Waals surface area contributed by atoms with Crippen molar-refractivity contribution in [3.8, 4) is 11.6 Å². The van der Waals surface area contributed by atoms with E-state index < -0.39 is 5.97 Å². The van der Waals surface area contributed by atoms with Crippen molar-refractivity contribution in [3.63, 3.8) is 0 Å². The van der Waals surface area contributed by atoms with Gasteiger partial charge in [0, 0.05) is 12.4 Å². The van der Waals surface area contributed by atoms with Crippen LogP contribution in [0.25, 0.3) is 0 Å². The van der Waals surface area contributed by atoms with Crippen LogP contribution in [0.5, 0.6) is 11.6 Å². The van der Waals surface area contributed by atoms with Crippen molar-refractivity contribution < 1.29 is 14.3 Å². The fourth-order valence-electron chi connectivity index (χ4n) is 1.14. The Bertz CT molecular complexity index is 474. The fourth-order valence-corrected chi connectivity index (χ4v) is 1.14. The largest absolute Gasteiger partial charge is 0.482 e. The van der Waals surface area contributed by atoms with Gasteiger partial charge >= 0.3 is 5.97 Å². The molecule has 0 saturated heterocycles. The molecule has 5 heteroatoms.